The second-order valence-corrected chi connectivity index (χ2v) is 7.40. The van der Waals surface area contributed by atoms with Gasteiger partial charge >= 0.3 is 0 Å². The Morgan fingerprint density at radius 3 is 2.45 bits per heavy atom. The number of furan rings is 2. The zero-order valence-electron chi connectivity index (χ0n) is 15.0. The molecule has 0 saturated carbocycles. The summed E-state index contributed by atoms with van der Waals surface area (Å²) in [6, 6.07) is 14.1. The second kappa shape index (κ2) is 8.93. The van der Waals surface area contributed by atoms with Gasteiger partial charge in [0.25, 0.3) is 0 Å². The van der Waals surface area contributed by atoms with E-state index in [1.54, 1.807) is 61.1 Å². The lowest BCUT2D eigenvalue weighted by atomic mass is 10.2. The molecule has 146 valence electrons. The fourth-order valence-electron chi connectivity index (χ4n) is 2.56. The van der Waals surface area contributed by atoms with Gasteiger partial charge in [-0.1, -0.05) is 29.4 Å². The number of rotatable bonds is 7. The van der Waals surface area contributed by atoms with E-state index in [0.717, 1.165) is 0 Å². The molecule has 1 amide bonds. The van der Waals surface area contributed by atoms with Crippen LogP contribution in [0.5, 0.6) is 0 Å². The third-order valence-electron chi connectivity index (χ3n) is 3.85. The van der Waals surface area contributed by atoms with E-state index in [9.17, 15) is 4.79 Å². The van der Waals surface area contributed by atoms with Crippen LogP contribution in [-0.2, 0) is 4.79 Å². The van der Waals surface area contributed by atoms with E-state index in [1.807, 2.05) is 0 Å². The summed E-state index contributed by atoms with van der Waals surface area (Å²) in [6.07, 6.45) is 3.41. The number of carbonyl (C=O) groups excluding carboxylic acids is 1. The summed E-state index contributed by atoms with van der Waals surface area (Å²) in [4.78, 5) is 16.7. The quantitative estimate of drug-likeness (QED) is 0.407. The minimum atomic E-state index is -0.119. The van der Waals surface area contributed by atoms with Crippen molar-refractivity contribution < 1.29 is 13.6 Å². The summed E-state index contributed by atoms with van der Waals surface area (Å²) in [5, 5.41) is 12.2. The minimum Gasteiger partial charge on any atom is -0.463 e. The Kier molecular flexibility index (Phi) is 5.92. The van der Waals surface area contributed by atoms with Gasteiger partial charge in [-0.3, -0.25) is 4.79 Å². The molecule has 0 spiro atoms. The maximum atomic E-state index is 12.1. The molecular formula is C20H15ClN4O3S. The van der Waals surface area contributed by atoms with Crippen molar-refractivity contribution in [3.05, 3.63) is 66.1 Å². The third kappa shape index (κ3) is 4.85. The summed E-state index contributed by atoms with van der Waals surface area (Å²) >= 11 is 7.26. The van der Waals surface area contributed by atoms with Crippen LogP contribution >= 0.6 is 23.4 Å². The maximum absolute atomic E-state index is 12.1. The Morgan fingerprint density at radius 1 is 1.00 bits per heavy atom. The fourth-order valence-corrected chi connectivity index (χ4v) is 3.48. The predicted octanol–water partition coefficient (Wildman–Crippen LogP) is 5.17. The summed E-state index contributed by atoms with van der Waals surface area (Å²) < 4.78 is 10.9. The molecule has 1 N–H and O–H groups in total. The number of thioether (sulfide) groups is 1. The first kappa shape index (κ1) is 19.2. The van der Waals surface area contributed by atoms with Crippen LogP contribution in [-0.4, -0.2) is 26.8 Å². The molecule has 0 radical (unpaired) electrons. The average Bonchev–Trinajstić information content (AvgIpc) is 3.42. The van der Waals surface area contributed by atoms with Gasteiger partial charge in [0.05, 0.1) is 12.5 Å². The highest BCUT2D eigenvalue weighted by molar-refractivity contribution is 7.99. The molecule has 0 unspecified atom stereocenters. The van der Waals surface area contributed by atoms with Gasteiger partial charge in [-0.15, -0.1) is 10.2 Å². The Hall–Kier alpha value is -3.10. The van der Waals surface area contributed by atoms with Gasteiger partial charge in [0.1, 0.15) is 5.69 Å². The first-order valence-corrected chi connectivity index (χ1v) is 10.1. The van der Waals surface area contributed by atoms with E-state index >= 15 is 0 Å². The Balaban J connectivity index is 1.43. The highest BCUT2D eigenvalue weighted by Gasteiger charge is 2.18. The summed E-state index contributed by atoms with van der Waals surface area (Å²) in [7, 11) is 0. The first-order valence-electron chi connectivity index (χ1n) is 8.70. The molecule has 0 fully saturated rings. The van der Waals surface area contributed by atoms with Gasteiger partial charge in [0.15, 0.2) is 17.2 Å². The van der Waals surface area contributed by atoms with Crippen LogP contribution in [0.3, 0.4) is 0 Å². The molecule has 3 heterocycles. The van der Waals surface area contributed by atoms with Crippen LogP contribution in [0.4, 0.5) is 5.69 Å². The van der Waals surface area contributed by atoms with Crippen LogP contribution in [0, 0.1) is 0 Å². The molecule has 9 heteroatoms. The molecule has 0 aliphatic carbocycles. The highest BCUT2D eigenvalue weighted by atomic mass is 35.5. The number of halogens is 1. The lowest BCUT2D eigenvalue weighted by Crippen LogP contribution is -2.12. The van der Waals surface area contributed by atoms with E-state index < -0.39 is 0 Å². The lowest BCUT2D eigenvalue weighted by Gasteiger charge is -2.06. The number of nitrogens with one attached hydrogen (secondary N) is 1. The van der Waals surface area contributed by atoms with Crippen molar-refractivity contribution in [1.82, 2.24) is 15.2 Å². The Labute approximate surface area is 175 Å². The number of anilines is 1. The van der Waals surface area contributed by atoms with E-state index in [2.05, 4.69) is 20.5 Å². The number of aromatic nitrogens is 3. The smallest absolute Gasteiger partial charge is 0.225 e. The van der Waals surface area contributed by atoms with Crippen molar-refractivity contribution in [2.24, 2.45) is 0 Å². The molecule has 0 aliphatic heterocycles. The molecule has 4 rings (SSSR count). The first-order chi connectivity index (χ1) is 14.2. The third-order valence-corrected chi connectivity index (χ3v) is 4.92. The van der Waals surface area contributed by atoms with E-state index in [4.69, 9.17) is 20.4 Å². The largest absolute Gasteiger partial charge is 0.463 e. The molecule has 0 bridgehead atoms. The van der Waals surface area contributed by atoms with Crippen LogP contribution in [0.1, 0.15) is 6.42 Å². The maximum Gasteiger partial charge on any atom is 0.225 e. The topological polar surface area (TPSA) is 94.0 Å². The van der Waals surface area contributed by atoms with Crippen molar-refractivity contribution in [2.75, 3.05) is 11.1 Å². The van der Waals surface area contributed by atoms with Gasteiger partial charge in [-0.05, 0) is 42.5 Å². The van der Waals surface area contributed by atoms with Crippen molar-refractivity contribution in [1.29, 1.82) is 0 Å². The lowest BCUT2D eigenvalue weighted by molar-refractivity contribution is -0.115. The number of hydrogen-bond acceptors (Lipinski definition) is 7. The van der Waals surface area contributed by atoms with Gasteiger partial charge < -0.3 is 14.2 Å². The van der Waals surface area contributed by atoms with E-state index in [0.29, 0.717) is 44.5 Å². The summed E-state index contributed by atoms with van der Waals surface area (Å²) in [6.45, 7) is 0. The molecule has 29 heavy (non-hydrogen) atoms. The number of carbonyl (C=O) groups is 1. The number of benzene rings is 1. The second-order valence-electron chi connectivity index (χ2n) is 5.90. The predicted molar refractivity (Wildman–Crippen MR) is 111 cm³/mol. The normalized spacial score (nSPS) is 10.8. The Morgan fingerprint density at radius 2 is 1.76 bits per heavy atom. The minimum absolute atomic E-state index is 0.119. The van der Waals surface area contributed by atoms with Gasteiger partial charge in [0, 0.05) is 22.9 Å². The molecule has 0 atom stereocenters. The summed E-state index contributed by atoms with van der Waals surface area (Å²) in [5.41, 5.74) is 1.69. The van der Waals surface area contributed by atoms with Crippen molar-refractivity contribution >= 4 is 35.0 Å². The van der Waals surface area contributed by atoms with Crippen LogP contribution in [0.2, 0.25) is 5.02 Å². The van der Waals surface area contributed by atoms with E-state index in [1.165, 1.54) is 11.8 Å². The molecule has 0 saturated heterocycles. The van der Waals surface area contributed by atoms with Gasteiger partial charge in [-0.2, -0.15) is 0 Å². The number of nitrogens with zero attached hydrogens (tertiary/aromatic N) is 3. The zero-order valence-corrected chi connectivity index (χ0v) is 16.6. The van der Waals surface area contributed by atoms with Crippen molar-refractivity contribution in [3.63, 3.8) is 0 Å². The number of amides is 1. The SMILES string of the molecule is O=C(CCSc1nnc(-c2ccco2)c(-c2ccco2)n1)Nc1cccc(Cl)c1. The molecule has 1 aromatic carbocycles. The molecule has 7 nitrogen and oxygen atoms in total. The van der Waals surface area contributed by atoms with Crippen molar-refractivity contribution in [2.45, 2.75) is 11.6 Å². The molecule has 4 aromatic rings. The molecule has 3 aromatic heterocycles. The summed E-state index contributed by atoms with van der Waals surface area (Å²) in [5.74, 6) is 1.48. The average molecular weight is 427 g/mol. The van der Waals surface area contributed by atoms with Crippen LogP contribution < -0.4 is 5.32 Å². The van der Waals surface area contributed by atoms with E-state index in [-0.39, 0.29) is 12.3 Å². The standard InChI is InChI=1S/C20H15ClN4O3S/c21-13-4-1-5-14(12-13)22-17(26)8-11-29-20-23-18(15-6-2-9-27-15)19(24-25-20)16-7-3-10-28-16/h1-7,9-10,12H,8,11H2,(H,22,26). The molecule has 0 aliphatic rings. The highest BCUT2D eigenvalue weighted by Crippen LogP contribution is 2.30. The monoisotopic (exact) mass is 426 g/mol. The Bertz CT molecular complexity index is 1100. The van der Waals surface area contributed by atoms with Crippen LogP contribution in [0.15, 0.2) is 75.0 Å². The molecular weight excluding hydrogens is 412 g/mol. The van der Waals surface area contributed by atoms with Crippen LogP contribution in [0.25, 0.3) is 22.9 Å². The fraction of sp³-hybridized carbons (Fsp3) is 0.100. The van der Waals surface area contributed by atoms with Crippen molar-refractivity contribution in [3.8, 4) is 22.9 Å². The number of hydrogen-bond donors (Lipinski definition) is 1. The zero-order chi connectivity index (χ0) is 20.1. The van der Waals surface area contributed by atoms with Gasteiger partial charge in [-0.25, -0.2) is 4.98 Å². The van der Waals surface area contributed by atoms with Gasteiger partial charge in [0.2, 0.25) is 11.1 Å².